The largest absolute Gasteiger partial charge is 0.490 e. The third-order valence-corrected chi connectivity index (χ3v) is 6.64. The fourth-order valence-electron chi connectivity index (χ4n) is 4.85. The number of carbonyl (C=O) groups is 1. The molecule has 0 bridgehead atoms. The maximum Gasteiger partial charge on any atom is 0.197 e. The number of fused-ring (bicyclic) bond motifs is 2. The van der Waals surface area contributed by atoms with Crippen LogP contribution in [0.15, 0.2) is 18.2 Å². The molecule has 2 heterocycles. The molecule has 7 nitrogen and oxygen atoms in total. The first-order valence-corrected chi connectivity index (χ1v) is 12.6. The van der Waals surface area contributed by atoms with Gasteiger partial charge in [-0.15, -0.1) is 17.0 Å². The number of ether oxygens (including phenoxy) is 3. The number of ketones is 1. The molecule has 0 fully saturated rings. The van der Waals surface area contributed by atoms with Gasteiger partial charge in [-0.05, 0) is 49.9 Å². The fraction of sp³-hybridized carbons (Fsp3) is 0.500. The van der Waals surface area contributed by atoms with Crippen LogP contribution in [0.5, 0.6) is 17.2 Å². The summed E-state index contributed by atoms with van der Waals surface area (Å²) in [5, 5.41) is 8.65. The van der Waals surface area contributed by atoms with Gasteiger partial charge in [-0.3, -0.25) is 10.2 Å². The molecule has 4 rings (SSSR count). The van der Waals surface area contributed by atoms with E-state index in [4.69, 9.17) is 19.6 Å². The van der Waals surface area contributed by atoms with Crippen LogP contribution in [0.3, 0.4) is 0 Å². The normalized spacial score (nSPS) is 14.5. The number of Topliss-reactive ketones (excluding diaryl/α,β-unsaturated/α-hetero) is 1. The van der Waals surface area contributed by atoms with Crippen LogP contribution in [0, 0.1) is 11.2 Å². The van der Waals surface area contributed by atoms with Crippen molar-refractivity contribution < 1.29 is 23.4 Å². The van der Waals surface area contributed by atoms with Crippen molar-refractivity contribution in [3.05, 3.63) is 46.3 Å². The summed E-state index contributed by atoms with van der Waals surface area (Å²) in [5.41, 5.74) is 3.03. The maximum absolute atomic E-state index is 15.4. The zero-order chi connectivity index (χ0) is 26.2. The highest BCUT2D eigenvalue weighted by atomic mass is 79.9. The molecule has 0 aromatic heterocycles. The molecule has 0 aliphatic carbocycles. The molecular weight excluding hydrogens is 541 g/mol. The van der Waals surface area contributed by atoms with E-state index >= 15 is 4.39 Å². The summed E-state index contributed by atoms with van der Waals surface area (Å²) in [4.78, 5) is 17.4. The van der Waals surface area contributed by atoms with Crippen LogP contribution in [0.1, 0.15) is 68.6 Å². The van der Waals surface area contributed by atoms with E-state index in [2.05, 4.69) is 32.6 Å². The molecule has 0 unspecified atom stereocenters. The molecule has 0 saturated heterocycles. The number of nitrogens with one attached hydrogen (secondary N) is 1. The van der Waals surface area contributed by atoms with Gasteiger partial charge in [0.15, 0.2) is 23.1 Å². The van der Waals surface area contributed by atoms with Crippen LogP contribution in [0.25, 0.3) is 0 Å². The molecule has 0 radical (unpaired) electrons. The predicted molar refractivity (Wildman–Crippen MR) is 149 cm³/mol. The van der Waals surface area contributed by atoms with Crippen molar-refractivity contribution in [1.29, 1.82) is 5.41 Å². The number of hydrogen-bond donors (Lipinski definition) is 1. The number of likely N-dealkylation sites (N-methyl/N-ethyl adjacent to an activating group) is 1. The van der Waals surface area contributed by atoms with Crippen LogP contribution in [-0.2, 0) is 12.0 Å². The molecule has 9 heteroatoms. The minimum Gasteiger partial charge on any atom is -0.490 e. The Morgan fingerprint density at radius 1 is 1.11 bits per heavy atom. The number of amidine groups is 1. The van der Waals surface area contributed by atoms with Gasteiger partial charge in [-0.25, -0.2) is 4.39 Å². The highest BCUT2D eigenvalue weighted by molar-refractivity contribution is 8.93. The van der Waals surface area contributed by atoms with Gasteiger partial charge in [0.25, 0.3) is 0 Å². The van der Waals surface area contributed by atoms with Crippen molar-refractivity contribution in [2.24, 2.45) is 0 Å². The first kappa shape index (κ1) is 28.8. The third kappa shape index (κ3) is 5.42. The lowest BCUT2D eigenvalue weighted by atomic mass is 9.84. The van der Waals surface area contributed by atoms with Gasteiger partial charge in [-0.2, -0.15) is 0 Å². The standard InChI is InChI=1S/C28H36FN3O4.BrH/c1-7-31-10-11-36-25-19(28(4,5)6)12-17(13-20(25)31)21(33)16-32-15-18-14-22(34-8-2)26(35-9-3)24(29)23(18)27(32)30;/h12-14,30H,7-11,15-16H2,1-6H3;1H. The molecule has 0 atom stereocenters. The maximum atomic E-state index is 15.4. The Balaban J connectivity index is 0.00000380. The quantitative estimate of drug-likeness (QED) is 0.403. The van der Waals surface area contributed by atoms with Crippen molar-refractivity contribution >= 4 is 34.3 Å². The summed E-state index contributed by atoms with van der Waals surface area (Å²) in [5.74, 6) is 0.408. The van der Waals surface area contributed by atoms with Gasteiger partial charge in [0.1, 0.15) is 18.2 Å². The van der Waals surface area contributed by atoms with Crippen LogP contribution >= 0.6 is 17.0 Å². The zero-order valence-electron chi connectivity index (χ0n) is 22.5. The highest BCUT2D eigenvalue weighted by Gasteiger charge is 2.34. The van der Waals surface area contributed by atoms with Gasteiger partial charge in [0.2, 0.25) is 0 Å². The average Bonchev–Trinajstić information content (AvgIpc) is 3.14. The Hall–Kier alpha value is -2.81. The summed E-state index contributed by atoms with van der Waals surface area (Å²) in [6.45, 7) is 15.0. The molecule has 1 N–H and O–H groups in total. The Bertz CT molecular complexity index is 1200. The lowest BCUT2D eigenvalue weighted by Gasteiger charge is -2.35. The second kappa shape index (κ2) is 11.3. The first-order chi connectivity index (χ1) is 17.1. The number of carbonyl (C=O) groups excluding carboxylic acids is 1. The molecule has 37 heavy (non-hydrogen) atoms. The van der Waals surface area contributed by atoms with E-state index in [1.165, 1.54) is 0 Å². The third-order valence-electron chi connectivity index (χ3n) is 6.64. The van der Waals surface area contributed by atoms with Crippen molar-refractivity contribution in [3.8, 4) is 17.2 Å². The Kier molecular flexibility index (Phi) is 8.78. The molecule has 0 saturated carbocycles. The van der Waals surface area contributed by atoms with Gasteiger partial charge in [-0.1, -0.05) is 20.8 Å². The van der Waals surface area contributed by atoms with Crippen molar-refractivity contribution in [2.75, 3.05) is 44.4 Å². The monoisotopic (exact) mass is 577 g/mol. The molecule has 2 aromatic rings. The summed E-state index contributed by atoms with van der Waals surface area (Å²) >= 11 is 0. The van der Waals surface area contributed by atoms with E-state index in [9.17, 15) is 4.79 Å². The number of rotatable bonds is 8. The van der Waals surface area contributed by atoms with Gasteiger partial charge >= 0.3 is 0 Å². The van der Waals surface area contributed by atoms with Crippen LogP contribution < -0.4 is 19.1 Å². The minimum absolute atomic E-state index is 0. The van der Waals surface area contributed by atoms with E-state index < -0.39 is 5.82 Å². The molecular formula is C28H37BrFN3O4. The lowest BCUT2D eigenvalue weighted by Crippen LogP contribution is -2.35. The fourth-order valence-corrected chi connectivity index (χ4v) is 4.85. The number of anilines is 1. The van der Waals surface area contributed by atoms with E-state index in [0.29, 0.717) is 30.1 Å². The number of nitrogens with zero attached hydrogens (tertiary/aromatic N) is 2. The van der Waals surface area contributed by atoms with E-state index in [0.717, 1.165) is 30.1 Å². The van der Waals surface area contributed by atoms with Crippen molar-refractivity contribution in [1.82, 2.24) is 4.90 Å². The second-order valence-electron chi connectivity index (χ2n) is 10.1. The van der Waals surface area contributed by atoms with Gasteiger partial charge in [0, 0.05) is 24.2 Å². The summed E-state index contributed by atoms with van der Waals surface area (Å²) in [6, 6.07) is 5.52. The molecule has 2 aromatic carbocycles. The summed E-state index contributed by atoms with van der Waals surface area (Å²) in [6.07, 6.45) is 0. The predicted octanol–water partition coefficient (Wildman–Crippen LogP) is 5.74. The average molecular weight is 579 g/mol. The molecule has 0 amide bonds. The Morgan fingerprint density at radius 3 is 2.43 bits per heavy atom. The number of halogens is 2. The van der Waals surface area contributed by atoms with Gasteiger partial charge in [0.05, 0.1) is 37.6 Å². The first-order valence-electron chi connectivity index (χ1n) is 12.6. The molecule has 2 aliphatic heterocycles. The minimum atomic E-state index is -0.614. The second-order valence-corrected chi connectivity index (χ2v) is 10.1. The SMILES string of the molecule is Br.CCOc1cc2c(c(F)c1OCC)C(=N)N(CC(=O)c1cc3c(c(C(C)(C)C)c1)OCCN3CC)C2. The zero-order valence-corrected chi connectivity index (χ0v) is 24.2. The Morgan fingerprint density at radius 2 is 1.81 bits per heavy atom. The van der Waals surface area contributed by atoms with E-state index in [1.54, 1.807) is 17.9 Å². The van der Waals surface area contributed by atoms with Crippen molar-refractivity contribution in [3.63, 3.8) is 0 Å². The summed E-state index contributed by atoms with van der Waals surface area (Å²) in [7, 11) is 0. The smallest absolute Gasteiger partial charge is 0.197 e. The van der Waals surface area contributed by atoms with Crippen LogP contribution in [0.4, 0.5) is 10.1 Å². The van der Waals surface area contributed by atoms with Crippen LogP contribution in [-0.4, -0.2) is 56.0 Å². The van der Waals surface area contributed by atoms with Crippen LogP contribution in [0.2, 0.25) is 0 Å². The van der Waals surface area contributed by atoms with E-state index in [-0.39, 0.29) is 65.0 Å². The molecule has 202 valence electrons. The van der Waals surface area contributed by atoms with E-state index in [1.807, 2.05) is 19.1 Å². The van der Waals surface area contributed by atoms with Crippen molar-refractivity contribution in [2.45, 2.75) is 53.5 Å². The molecule has 2 aliphatic rings. The number of benzene rings is 2. The lowest BCUT2D eigenvalue weighted by molar-refractivity contribution is 0.0962. The Labute approximate surface area is 229 Å². The molecule has 0 spiro atoms. The van der Waals surface area contributed by atoms with Gasteiger partial charge < -0.3 is 24.0 Å². The topological polar surface area (TPSA) is 75.1 Å². The summed E-state index contributed by atoms with van der Waals surface area (Å²) < 4.78 is 32.6. The number of hydrogen-bond acceptors (Lipinski definition) is 6. The highest BCUT2D eigenvalue weighted by Crippen LogP contribution is 2.42.